The Hall–Kier alpha value is -1.36. The van der Waals surface area contributed by atoms with E-state index in [1.807, 2.05) is 13.1 Å². The van der Waals surface area contributed by atoms with E-state index in [0.717, 1.165) is 5.69 Å². The van der Waals surface area contributed by atoms with Gasteiger partial charge in [0.25, 0.3) is 0 Å². The molecule has 76 valence electrons. The topological polar surface area (TPSA) is 58.4 Å². The second-order valence-electron chi connectivity index (χ2n) is 3.58. The van der Waals surface area contributed by atoms with Crippen LogP contribution in [0, 0.1) is 0 Å². The Balaban J connectivity index is 2.05. The number of hydrogen-bond acceptors (Lipinski definition) is 3. The van der Waals surface area contributed by atoms with Crippen molar-refractivity contribution in [1.82, 2.24) is 14.7 Å². The normalized spacial score (nSPS) is 22.0. The Morgan fingerprint density at radius 3 is 3.00 bits per heavy atom. The molecule has 2 heterocycles. The fourth-order valence-corrected chi connectivity index (χ4v) is 1.66. The molecule has 5 heteroatoms. The Morgan fingerprint density at radius 1 is 1.71 bits per heavy atom. The van der Waals surface area contributed by atoms with Gasteiger partial charge in [0, 0.05) is 19.8 Å². The number of aliphatic hydroxyl groups is 1. The monoisotopic (exact) mass is 195 g/mol. The Kier molecular flexibility index (Phi) is 2.25. The summed E-state index contributed by atoms with van der Waals surface area (Å²) in [7, 11) is 1.84. The molecule has 0 saturated carbocycles. The molecule has 1 atom stereocenters. The molecule has 14 heavy (non-hydrogen) atoms. The van der Waals surface area contributed by atoms with Gasteiger partial charge in [-0.15, -0.1) is 0 Å². The number of aliphatic hydroxyl groups excluding tert-OH is 1. The Labute approximate surface area is 81.9 Å². The molecule has 1 aromatic heterocycles. The standard InChI is InChI=1S/C9H13N3O2/c1-11-7(2-3-10-11)5-12-6-8(13)4-9(12)14/h2-3,8,13H,4-6H2,1H3. The van der Waals surface area contributed by atoms with Crippen molar-refractivity contribution in [3.8, 4) is 0 Å². The molecule has 1 aromatic rings. The van der Waals surface area contributed by atoms with Gasteiger partial charge in [0.05, 0.1) is 24.8 Å². The van der Waals surface area contributed by atoms with E-state index in [1.54, 1.807) is 15.8 Å². The van der Waals surface area contributed by atoms with E-state index < -0.39 is 6.10 Å². The Bertz CT molecular complexity index is 348. The third-order valence-electron chi connectivity index (χ3n) is 2.47. The average molecular weight is 195 g/mol. The number of carbonyl (C=O) groups is 1. The van der Waals surface area contributed by atoms with Crippen LogP contribution in [-0.2, 0) is 18.4 Å². The molecule has 1 aliphatic heterocycles. The van der Waals surface area contributed by atoms with Gasteiger partial charge in [-0.25, -0.2) is 0 Å². The summed E-state index contributed by atoms with van der Waals surface area (Å²) in [5, 5.41) is 13.3. The van der Waals surface area contributed by atoms with Crippen LogP contribution in [0.2, 0.25) is 0 Å². The smallest absolute Gasteiger partial charge is 0.225 e. The lowest BCUT2D eigenvalue weighted by Gasteiger charge is -2.15. The minimum atomic E-state index is -0.504. The highest BCUT2D eigenvalue weighted by atomic mass is 16.3. The van der Waals surface area contributed by atoms with Gasteiger partial charge in [0.1, 0.15) is 0 Å². The maximum Gasteiger partial charge on any atom is 0.225 e. The first-order valence-electron chi connectivity index (χ1n) is 4.59. The van der Waals surface area contributed by atoms with Crippen molar-refractivity contribution >= 4 is 5.91 Å². The predicted molar refractivity (Wildman–Crippen MR) is 49.2 cm³/mol. The lowest BCUT2D eigenvalue weighted by atomic mass is 10.3. The average Bonchev–Trinajstić information content (AvgIpc) is 2.62. The zero-order chi connectivity index (χ0) is 10.1. The maximum atomic E-state index is 11.4. The number of nitrogens with zero attached hydrogens (tertiary/aromatic N) is 3. The second-order valence-corrected chi connectivity index (χ2v) is 3.58. The zero-order valence-electron chi connectivity index (χ0n) is 8.05. The summed E-state index contributed by atoms with van der Waals surface area (Å²) in [5.74, 6) is 0.0127. The van der Waals surface area contributed by atoms with E-state index >= 15 is 0 Å². The first-order chi connectivity index (χ1) is 6.66. The van der Waals surface area contributed by atoms with Crippen molar-refractivity contribution in [2.45, 2.75) is 19.1 Å². The van der Waals surface area contributed by atoms with E-state index in [9.17, 15) is 9.90 Å². The molecule has 1 unspecified atom stereocenters. The van der Waals surface area contributed by atoms with Gasteiger partial charge in [-0.1, -0.05) is 0 Å². The van der Waals surface area contributed by atoms with Crippen molar-refractivity contribution < 1.29 is 9.90 Å². The van der Waals surface area contributed by atoms with Gasteiger partial charge in [-0.2, -0.15) is 5.10 Å². The number of rotatable bonds is 2. The van der Waals surface area contributed by atoms with E-state index in [0.29, 0.717) is 13.1 Å². The lowest BCUT2D eigenvalue weighted by Crippen LogP contribution is -2.26. The molecule has 1 saturated heterocycles. The van der Waals surface area contributed by atoms with Crippen LogP contribution in [0.25, 0.3) is 0 Å². The summed E-state index contributed by atoms with van der Waals surface area (Å²) in [6, 6.07) is 1.87. The number of likely N-dealkylation sites (tertiary alicyclic amines) is 1. The van der Waals surface area contributed by atoms with Crippen molar-refractivity contribution in [2.75, 3.05) is 6.54 Å². The van der Waals surface area contributed by atoms with E-state index in [1.165, 1.54) is 0 Å². The molecule has 0 spiro atoms. The molecule has 0 aromatic carbocycles. The van der Waals surface area contributed by atoms with E-state index in [-0.39, 0.29) is 12.3 Å². The fourth-order valence-electron chi connectivity index (χ4n) is 1.66. The van der Waals surface area contributed by atoms with Crippen molar-refractivity contribution in [1.29, 1.82) is 0 Å². The predicted octanol–water partition coefficient (Wildman–Crippen LogP) is -0.487. The highest BCUT2D eigenvalue weighted by molar-refractivity contribution is 5.78. The number of β-amino-alcohol motifs (C(OH)–C–C–N with tert-alkyl or cyclic N) is 1. The highest BCUT2D eigenvalue weighted by Gasteiger charge is 2.28. The fraction of sp³-hybridized carbons (Fsp3) is 0.556. The number of hydrogen-bond donors (Lipinski definition) is 1. The largest absolute Gasteiger partial charge is 0.391 e. The molecular formula is C9H13N3O2. The number of carbonyl (C=O) groups excluding carboxylic acids is 1. The third-order valence-corrected chi connectivity index (χ3v) is 2.47. The van der Waals surface area contributed by atoms with Crippen molar-refractivity contribution in [3.05, 3.63) is 18.0 Å². The summed E-state index contributed by atoms with van der Waals surface area (Å²) >= 11 is 0. The van der Waals surface area contributed by atoms with Gasteiger partial charge in [-0.05, 0) is 6.07 Å². The van der Waals surface area contributed by atoms with Gasteiger partial charge in [0.2, 0.25) is 5.91 Å². The van der Waals surface area contributed by atoms with Crippen LogP contribution in [0.15, 0.2) is 12.3 Å². The van der Waals surface area contributed by atoms with Crippen LogP contribution in [0.3, 0.4) is 0 Å². The van der Waals surface area contributed by atoms with Crippen LogP contribution >= 0.6 is 0 Å². The van der Waals surface area contributed by atoms with Gasteiger partial charge >= 0.3 is 0 Å². The number of amides is 1. The molecule has 5 nitrogen and oxygen atoms in total. The second kappa shape index (κ2) is 3.42. The minimum Gasteiger partial charge on any atom is -0.391 e. The molecular weight excluding hydrogens is 182 g/mol. The first kappa shape index (κ1) is 9.21. The third kappa shape index (κ3) is 1.63. The van der Waals surface area contributed by atoms with Crippen molar-refractivity contribution in [3.63, 3.8) is 0 Å². The molecule has 0 radical (unpaired) electrons. The van der Waals surface area contributed by atoms with Crippen LogP contribution in [-0.4, -0.2) is 38.3 Å². The van der Waals surface area contributed by atoms with E-state index in [2.05, 4.69) is 5.10 Å². The number of aryl methyl sites for hydroxylation is 1. The molecule has 1 N–H and O–H groups in total. The zero-order valence-corrected chi connectivity index (χ0v) is 8.05. The van der Waals surface area contributed by atoms with Crippen LogP contribution < -0.4 is 0 Å². The summed E-state index contributed by atoms with van der Waals surface area (Å²) in [6.07, 6.45) is 1.44. The van der Waals surface area contributed by atoms with Crippen LogP contribution in [0.5, 0.6) is 0 Å². The van der Waals surface area contributed by atoms with Crippen molar-refractivity contribution in [2.24, 2.45) is 7.05 Å². The molecule has 0 aliphatic carbocycles. The van der Waals surface area contributed by atoms with E-state index in [4.69, 9.17) is 0 Å². The molecule has 1 amide bonds. The quantitative estimate of drug-likeness (QED) is 0.693. The van der Waals surface area contributed by atoms with Gasteiger partial charge in [0.15, 0.2) is 0 Å². The van der Waals surface area contributed by atoms with Crippen LogP contribution in [0.4, 0.5) is 0 Å². The summed E-state index contributed by atoms with van der Waals surface area (Å²) in [4.78, 5) is 13.0. The minimum absolute atomic E-state index is 0.0127. The molecule has 2 rings (SSSR count). The van der Waals surface area contributed by atoms with Gasteiger partial charge < -0.3 is 10.0 Å². The molecule has 0 bridgehead atoms. The maximum absolute atomic E-state index is 11.4. The molecule has 1 fully saturated rings. The SMILES string of the molecule is Cn1nccc1CN1CC(O)CC1=O. The summed E-state index contributed by atoms with van der Waals surface area (Å²) in [5.41, 5.74) is 0.979. The number of aromatic nitrogens is 2. The molecule has 1 aliphatic rings. The Morgan fingerprint density at radius 2 is 2.50 bits per heavy atom. The summed E-state index contributed by atoms with van der Waals surface area (Å²) in [6.45, 7) is 0.969. The van der Waals surface area contributed by atoms with Crippen LogP contribution in [0.1, 0.15) is 12.1 Å². The lowest BCUT2D eigenvalue weighted by molar-refractivity contribution is -0.128. The summed E-state index contributed by atoms with van der Waals surface area (Å²) < 4.78 is 1.73. The van der Waals surface area contributed by atoms with Gasteiger partial charge in [-0.3, -0.25) is 9.48 Å². The first-order valence-corrected chi connectivity index (χ1v) is 4.59. The highest BCUT2D eigenvalue weighted by Crippen LogP contribution is 2.14.